The molecule has 0 bridgehead atoms. The zero-order chi connectivity index (χ0) is 14.0. The van der Waals surface area contributed by atoms with Gasteiger partial charge < -0.3 is 16.2 Å². The number of nitrogens with one attached hydrogen (secondary N) is 2. The fraction of sp³-hybridized carbons (Fsp3) is 0.364. The Labute approximate surface area is 110 Å². The highest BCUT2D eigenvalue weighted by Crippen LogP contribution is 2.23. The summed E-state index contributed by atoms with van der Waals surface area (Å²) in [6, 6.07) is 3.72. The average molecular weight is 285 g/mol. The van der Waals surface area contributed by atoms with E-state index in [9.17, 15) is 18.3 Å². The van der Waals surface area contributed by atoms with Crippen molar-refractivity contribution in [1.29, 1.82) is 0 Å². The second-order valence-electron chi connectivity index (χ2n) is 4.39. The Hall–Kier alpha value is -1.80. The Morgan fingerprint density at radius 2 is 2.11 bits per heavy atom. The maximum atomic E-state index is 11.9. The molecule has 0 atom stereocenters. The molecule has 0 unspecified atom stereocenters. The third-order valence-corrected chi connectivity index (χ3v) is 4.07. The van der Waals surface area contributed by atoms with Gasteiger partial charge in [0.1, 0.15) is 5.75 Å². The molecule has 0 aliphatic heterocycles. The van der Waals surface area contributed by atoms with Crippen molar-refractivity contribution in [2.24, 2.45) is 0 Å². The maximum Gasteiger partial charge on any atom is 0.241 e. The van der Waals surface area contributed by atoms with E-state index in [2.05, 4.69) is 10.0 Å². The number of anilines is 1. The predicted molar refractivity (Wildman–Crippen MR) is 68.9 cm³/mol. The number of phenolic OH excluding ortho intramolecular Hbond substituents is 1. The molecule has 19 heavy (non-hydrogen) atoms. The highest BCUT2D eigenvalue weighted by atomic mass is 32.2. The van der Waals surface area contributed by atoms with Gasteiger partial charge in [0.25, 0.3) is 0 Å². The van der Waals surface area contributed by atoms with E-state index in [1.165, 1.54) is 12.1 Å². The number of carbonyl (C=O) groups is 1. The first-order valence-electron chi connectivity index (χ1n) is 5.76. The highest BCUT2D eigenvalue weighted by Gasteiger charge is 2.24. The van der Waals surface area contributed by atoms with Crippen LogP contribution in [0.15, 0.2) is 23.1 Å². The smallest absolute Gasteiger partial charge is 0.241 e. The van der Waals surface area contributed by atoms with E-state index < -0.39 is 10.0 Å². The molecular formula is C11H15N3O4S. The second kappa shape index (κ2) is 5.06. The van der Waals surface area contributed by atoms with Crippen molar-refractivity contribution in [3.8, 4) is 5.75 Å². The average Bonchev–Trinajstić information content (AvgIpc) is 3.14. The van der Waals surface area contributed by atoms with Gasteiger partial charge in [0.15, 0.2) is 0 Å². The molecule has 0 saturated heterocycles. The van der Waals surface area contributed by atoms with Crippen LogP contribution in [0.25, 0.3) is 0 Å². The van der Waals surface area contributed by atoms with Gasteiger partial charge in [0.2, 0.25) is 15.9 Å². The van der Waals surface area contributed by atoms with Gasteiger partial charge in [-0.2, -0.15) is 0 Å². The van der Waals surface area contributed by atoms with Crippen molar-refractivity contribution in [3.63, 3.8) is 0 Å². The topological polar surface area (TPSA) is 122 Å². The number of sulfonamides is 1. The lowest BCUT2D eigenvalue weighted by atomic mass is 10.3. The van der Waals surface area contributed by atoms with Crippen molar-refractivity contribution in [3.05, 3.63) is 18.2 Å². The minimum atomic E-state index is -3.81. The van der Waals surface area contributed by atoms with Gasteiger partial charge in [-0.05, 0) is 31.0 Å². The van der Waals surface area contributed by atoms with E-state index >= 15 is 0 Å². The molecule has 2 rings (SSSR count). The summed E-state index contributed by atoms with van der Waals surface area (Å²) in [5.74, 6) is -0.553. The summed E-state index contributed by atoms with van der Waals surface area (Å²) in [5.41, 5.74) is 5.39. The van der Waals surface area contributed by atoms with Gasteiger partial charge in [-0.15, -0.1) is 0 Å². The minimum Gasteiger partial charge on any atom is -0.506 e. The van der Waals surface area contributed by atoms with Crippen molar-refractivity contribution >= 4 is 21.6 Å². The summed E-state index contributed by atoms with van der Waals surface area (Å²) in [7, 11) is -3.81. The lowest BCUT2D eigenvalue weighted by Gasteiger charge is -2.08. The van der Waals surface area contributed by atoms with Gasteiger partial charge in [-0.1, -0.05) is 0 Å². The van der Waals surface area contributed by atoms with Crippen LogP contribution in [-0.2, 0) is 14.8 Å². The number of carbonyl (C=O) groups excluding carboxylic acids is 1. The third-order valence-electron chi connectivity index (χ3n) is 2.67. The number of hydrogen-bond acceptors (Lipinski definition) is 5. The molecule has 1 fully saturated rings. The van der Waals surface area contributed by atoms with E-state index in [4.69, 9.17) is 5.73 Å². The molecule has 0 heterocycles. The molecule has 0 spiro atoms. The Morgan fingerprint density at radius 1 is 1.42 bits per heavy atom. The van der Waals surface area contributed by atoms with E-state index in [0.29, 0.717) is 0 Å². The maximum absolute atomic E-state index is 11.9. The van der Waals surface area contributed by atoms with Crippen LogP contribution in [0.3, 0.4) is 0 Å². The van der Waals surface area contributed by atoms with Crippen LogP contribution >= 0.6 is 0 Å². The van der Waals surface area contributed by atoms with Crippen LogP contribution in [-0.4, -0.2) is 32.0 Å². The van der Waals surface area contributed by atoms with Gasteiger partial charge in [-0.25, -0.2) is 13.1 Å². The summed E-state index contributed by atoms with van der Waals surface area (Å²) in [5, 5.41) is 11.9. The zero-order valence-corrected chi connectivity index (χ0v) is 10.9. The molecule has 1 aromatic carbocycles. The van der Waals surface area contributed by atoms with Gasteiger partial charge in [0, 0.05) is 6.04 Å². The summed E-state index contributed by atoms with van der Waals surface area (Å²) in [6.45, 7) is -0.320. The number of aromatic hydroxyl groups is 1. The minimum absolute atomic E-state index is 0.0368. The molecule has 0 radical (unpaired) electrons. The largest absolute Gasteiger partial charge is 0.506 e. The zero-order valence-electron chi connectivity index (χ0n) is 10.1. The molecule has 104 valence electrons. The fourth-order valence-electron chi connectivity index (χ4n) is 1.45. The Kier molecular flexibility index (Phi) is 3.63. The Balaban J connectivity index is 2.00. The summed E-state index contributed by atoms with van der Waals surface area (Å²) >= 11 is 0. The van der Waals surface area contributed by atoms with Crippen LogP contribution in [0.5, 0.6) is 5.75 Å². The van der Waals surface area contributed by atoms with Gasteiger partial charge >= 0.3 is 0 Å². The molecule has 1 saturated carbocycles. The first-order chi connectivity index (χ1) is 8.88. The number of hydrogen-bond donors (Lipinski definition) is 4. The number of nitrogens with two attached hydrogens (primary N) is 1. The summed E-state index contributed by atoms with van der Waals surface area (Å²) < 4.78 is 25.9. The number of nitrogen functional groups attached to an aromatic ring is 1. The van der Waals surface area contributed by atoms with Crippen molar-refractivity contribution < 1.29 is 18.3 Å². The van der Waals surface area contributed by atoms with Gasteiger partial charge in [-0.3, -0.25) is 4.79 Å². The molecule has 1 amide bonds. The van der Waals surface area contributed by atoms with Gasteiger partial charge in [0.05, 0.1) is 17.1 Å². The highest BCUT2D eigenvalue weighted by molar-refractivity contribution is 7.89. The second-order valence-corrected chi connectivity index (χ2v) is 6.15. The number of benzene rings is 1. The third kappa shape index (κ3) is 3.58. The normalized spacial score (nSPS) is 15.2. The van der Waals surface area contributed by atoms with Crippen LogP contribution in [0, 0.1) is 0 Å². The SMILES string of the molecule is Nc1cc(S(=O)(=O)NCC(=O)NC2CC2)ccc1O. The molecule has 1 aromatic rings. The fourth-order valence-corrected chi connectivity index (χ4v) is 2.47. The Bertz CT molecular complexity index is 596. The van der Waals surface area contributed by atoms with Crippen molar-refractivity contribution in [2.45, 2.75) is 23.8 Å². The van der Waals surface area contributed by atoms with Crippen LogP contribution in [0.1, 0.15) is 12.8 Å². The molecule has 0 aromatic heterocycles. The number of rotatable bonds is 5. The lowest BCUT2D eigenvalue weighted by Crippen LogP contribution is -2.37. The van der Waals surface area contributed by atoms with E-state index in [1.54, 1.807) is 0 Å². The summed E-state index contributed by atoms with van der Waals surface area (Å²) in [6.07, 6.45) is 1.87. The molecular weight excluding hydrogens is 270 g/mol. The van der Waals surface area contributed by atoms with Crippen molar-refractivity contribution in [1.82, 2.24) is 10.0 Å². The lowest BCUT2D eigenvalue weighted by molar-refractivity contribution is -0.120. The number of amides is 1. The van der Waals surface area contributed by atoms with E-state index in [-0.39, 0.29) is 34.8 Å². The Morgan fingerprint density at radius 3 is 2.68 bits per heavy atom. The molecule has 7 nitrogen and oxygen atoms in total. The van der Waals surface area contributed by atoms with Crippen LogP contribution < -0.4 is 15.8 Å². The van der Waals surface area contributed by atoms with Crippen LogP contribution in [0.4, 0.5) is 5.69 Å². The molecule has 5 N–H and O–H groups in total. The van der Waals surface area contributed by atoms with Crippen molar-refractivity contribution in [2.75, 3.05) is 12.3 Å². The first kappa shape index (κ1) is 13.6. The standard InChI is InChI=1S/C11H15N3O4S/c12-9-5-8(3-4-10(9)15)19(17,18)13-6-11(16)14-7-1-2-7/h3-5,7,13,15H,1-2,6,12H2,(H,14,16). The number of phenols is 1. The quantitative estimate of drug-likeness (QED) is 0.430. The first-order valence-corrected chi connectivity index (χ1v) is 7.24. The summed E-state index contributed by atoms with van der Waals surface area (Å²) in [4.78, 5) is 11.3. The predicted octanol–water partition coefficient (Wildman–Crippen LogP) is -0.469. The van der Waals surface area contributed by atoms with E-state index in [1.807, 2.05) is 0 Å². The monoisotopic (exact) mass is 285 g/mol. The van der Waals surface area contributed by atoms with Crippen LogP contribution in [0.2, 0.25) is 0 Å². The molecule has 8 heteroatoms. The van der Waals surface area contributed by atoms with E-state index in [0.717, 1.165) is 18.9 Å². The molecule has 1 aliphatic rings. The molecule has 1 aliphatic carbocycles.